The Balaban J connectivity index is 1.48. The van der Waals surface area contributed by atoms with Crippen molar-refractivity contribution in [3.05, 3.63) is 29.7 Å². The minimum absolute atomic E-state index is 0.0301. The fraction of sp³-hybridized carbons (Fsp3) is 0.571. The summed E-state index contributed by atoms with van der Waals surface area (Å²) in [6, 6.07) is -0.258. The summed E-state index contributed by atoms with van der Waals surface area (Å²) < 4.78 is 6.94. The van der Waals surface area contributed by atoms with Crippen LogP contribution in [0.25, 0.3) is 0 Å². The van der Waals surface area contributed by atoms with Crippen LogP contribution in [0.3, 0.4) is 0 Å². The minimum atomic E-state index is -0.258. The van der Waals surface area contributed by atoms with Crippen molar-refractivity contribution in [3.63, 3.8) is 0 Å². The molecule has 0 radical (unpaired) electrons. The number of amides is 1. The molecule has 112 valence electrons. The molecule has 1 amide bonds. The molecule has 1 atom stereocenters. The number of nitrogens with zero attached hydrogens (tertiary/aromatic N) is 4. The lowest BCUT2D eigenvalue weighted by atomic mass is 10.2. The van der Waals surface area contributed by atoms with Gasteiger partial charge in [0.2, 0.25) is 11.8 Å². The molecule has 0 bridgehead atoms. The maximum atomic E-state index is 11.9. The van der Waals surface area contributed by atoms with Gasteiger partial charge in [0.25, 0.3) is 0 Å². The van der Waals surface area contributed by atoms with Gasteiger partial charge in [0.1, 0.15) is 6.04 Å². The Labute approximate surface area is 122 Å². The Bertz CT molecular complexity index is 629. The third-order valence-corrected chi connectivity index (χ3v) is 3.55. The van der Waals surface area contributed by atoms with E-state index in [1.165, 1.54) is 0 Å². The third kappa shape index (κ3) is 3.48. The Kier molecular flexibility index (Phi) is 3.72. The largest absolute Gasteiger partial charge is 0.345 e. The number of nitrogens with one attached hydrogen (secondary N) is 1. The van der Waals surface area contributed by atoms with Gasteiger partial charge in [-0.2, -0.15) is 10.1 Å². The standard InChI is InChI=1S/C14H19N5O2/c1-9(14-17-13(18-21-14)11-4-5-11)16-12(20)6-3-10-7-15-19(2)8-10/h7-9,11H,3-6H2,1-2H3,(H,16,20)/t9-/m0/s1. The van der Waals surface area contributed by atoms with E-state index in [1.807, 2.05) is 20.2 Å². The lowest BCUT2D eigenvalue weighted by Crippen LogP contribution is -2.27. The highest BCUT2D eigenvalue weighted by Gasteiger charge is 2.29. The number of aryl methyl sites for hydroxylation is 2. The molecule has 1 aliphatic carbocycles. The van der Waals surface area contributed by atoms with Crippen molar-refractivity contribution in [2.24, 2.45) is 7.05 Å². The number of hydrogen-bond acceptors (Lipinski definition) is 5. The lowest BCUT2D eigenvalue weighted by Gasteiger charge is -2.09. The van der Waals surface area contributed by atoms with E-state index >= 15 is 0 Å². The SMILES string of the molecule is C[C@H](NC(=O)CCc1cnn(C)c1)c1nc(C2CC2)no1. The first-order valence-corrected chi connectivity index (χ1v) is 7.22. The fourth-order valence-corrected chi connectivity index (χ4v) is 2.16. The highest BCUT2D eigenvalue weighted by molar-refractivity contribution is 5.76. The molecule has 7 nitrogen and oxygen atoms in total. The van der Waals surface area contributed by atoms with Crippen LogP contribution in [0.5, 0.6) is 0 Å². The van der Waals surface area contributed by atoms with Gasteiger partial charge in [-0.25, -0.2) is 0 Å². The van der Waals surface area contributed by atoms with E-state index < -0.39 is 0 Å². The molecule has 0 unspecified atom stereocenters. The van der Waals surface area contributed by atoms with Crippen LogP contribution in [0, 0.1) is 0 Å². The zero-order valence-electron chi connectivity index (χ0n) is 12.2. The van der Waals surface area contributed by atoms with E-state index in [9.17, 15) is 4.79 Å². The Morgan fingerprint density at radius 3 is 3.05 bits per heavy atom. The highest BCUT2D eigenvalue weighted by Crippen LogP contribution is 2.38. The summed E-state index contributed by atoms with van der Waals surface area (Å²) in [7, 11) is 1.86. The van der Waals surface area contributed by atoms with Crippen LogP contribution in [0.1, 0.15) is 55.4 Å². The number of carbonyl (C=O) groups excluding carboxylic acids is 1. The molecule has 1 saturated carbocycles. The van der Waals surface area contributed by atoms with E-state index in [0.29, 0.717) is 24.7 Å². The Morgan fingerprint density at radius 2 is 2.38 bits per heavy atom. The Hall–Kier alpha value is -2.18. The molecule has 0 aromatic carbocycles. The summed E-state index contributed by atoms with van der Waals surface area (Å²) in [6.07, 6.45) is 7.03. The second-order valence-electron chi connectivity index (χ2n) is 5.58. The van der Waals surface area contributed by atoms with Gasteiger partial charge in [-0.05, 0) is 31.7 Å². The zero-order valence-corrected chi connectivity index (χ0v) is 12.2. The van der Waals surface area contributed by atoms with Crippen molar-refractivity contribution in [1.82, 2.24) is 25.2 Å². The molecule has 3 rings (SSSR count). The van der Waals surface area contributed by atoms with Crippen LogP contribution in [-0.4, -0.2) is 25.8 Å². The molecule has 1 N–H and O–H groups in total. The van der Waals surface area contributed by atoms with Crippen LogP contribution in [-0.2, 0) is 18.3 Å². The molecule has 1 aliphatic rings. The molecule has 7 heteroatoms. The van der Waals surface area contributed by atoms with Crippen LogP contribution in [0.4, 0.5) is 0 Å². The molecule has 2 heterocycles. The van der Waals surface area contributed by atoms with Gasteiger partial charge in [-0.15, -0.1) is 0 Å². The van der Waals surface area contributed by atoms with E-state index in [4.69, 9.17) is 4.52 Å². The second-order valence-corrected chi connectivity index (χ2v) is 5.58. The first-order chi connectivity index (χ1) is 10.1. The molecular formula is C14H19N5O2. The van der Waals surface area contributed by atoms with Gasteiger partial charge in [-0.3, -0.25) is 9.48 Å². The monoisotopic (exact) mass is 289 g/mol. The van der Waals surface area contributed by atoms with Crippen molar-refractivity contribution in [2.75, 3.05) is 0 Å². The summed E-state index contributed by atoms with van der Waals surface area (Å²) in [5, 5.41) is 10.9. The average Bonchev–Trinajstić information content (AvgIpc) is 3.03. The summed E-state index contributed by atoms with van der Waals surface area (Å²) >= 11 is 0. The summed E-state index contributed by atoms with van der Waals surface area (Å²) in [5.74, 6) is 1.67. The smallest absolute Gasteiger partial charge is 0.248 e. The van der Waals surface area contributed by atoms with Crippen molar-refractivity contribution in [1.29, 1.82) is 0 Å². The maximum absolute atomic E-state index is 11.9. The van der Waals surface area contributed by atoms with Crippen molar-refractivity contribution >= 4 is 5.91 Å². The first kappa shape index (κ1) is 13.8. The second kappa shape index (κ2) is 5.67. The number of carbonyl (C=O) groups is 1. The van der Waals surface area contributed by atoms with Gasteiger partial charge in [0, 0.05) is 25.6 Å². The number of aromatic nitrogens is 4. The Morgan fingerprint density at radius 1 is 1.57 bits per heavy atom. The van der Waals surface area contributed by atoms with Gasteiger partial charge >= 0.3 is 0 Å². The van der Waals surface area contributed by atoms with E-state index in [1.54, 1.807) is 10.9 Å². The first-order valence-electron chi connectivity index (χ1n) is 7.22. The van der Waals surface area contributed by atoms with Crippen molar-refractivity contribution in [2.45, 2.75) is 44.6 Å². The van der Waals surface area contributed by atoms with Crippen LogP contribution < -0.4 is 5.32 Å². The van der Waals surface area contributed by atoms with Crippen LogP contribution in [0.2, 0.25) is 0 Å². The van der Waals surface area contributed by atoms with Crippen molar-refractivity contribution < 1.29 is 9.32 Å². The normalized spacial score (nSPS) is 15.9. The molecule has 21 heavy (non-hydrogen) atoms. The van der Waals surface area contributed by atoms with Gasteiger partial charge in [0.15, 0.2) is 5.82 Å². The van der Waals surface area contributed by atoms with E-state index in [-0.39, 0.29) is 11.9 Å². The van der Waals surface area contributed by atoms with Gasteiger partial charge in [0.05, 0.1) is 6.20 Å². The van der Waals surface area contributed by atoms with Crippen LogP contribution in [0.15, 0.2) is 16.9 Å². The quantitative estimate of drug-likeness (QED) is 0.870. The topological polar surface area (TPSA) is 85.8 Å². The average molecular weight is 289 g/mol. The predicted octanol–water partition coefficient (Wildman–Crippen LogP) is 1.49. The fourth-order valence-electron chi connectivity index (χ4n) is 2.16. The molecule has 2 aromatic rings. The molecular weight excluding hydrogens is 270 g/mol. The summed E-state index contributed by atoms with van der Waals surface area (Å²) in [4.78, 5) is 16.3. The number of hydrogen-bond donors (Lipinski definition) is 1. The molecule has 2 aromatic heterocycles. The van der Waals surface area contributed by atoms with E-state index in [0.717, 1.165) is 24.2 Å². The molecule has 1 fully saturated rings. The predicted molar refractivity (Wildman–Crippen MR) is 74.4 cm³/mol. The number of rotatable bonds is 6. The summed E-state index contributed by atoms with van der Waals surface area (Å²) in [6.45, 7) is 1.85. The van der Waals surface area contributed by atoms with Crippen LogP contribution >= 0.6 is 0 Å². The minimum Gasteiger partial charge on any atom is -0.345 e. The van der Waals surface area contributed by atoms with E-state index in [2.05, 4.69) is 20.6 Å². The maximum Gasteiger partial charge on any atom is 0.248 e. The summed E-state index contributed by atoms with van der Waals surface area (Å²) in [5.41, 5.74) is 1.05. The molecule has 0 spiro atoms. The van der Waals surface area contributed by atoms with Gasteiger partial charge in [-0.1, -0.05) is 5.16 Å². The van der Waals surface area contributed by atoms with Crippen molar-refractivity contribution in [3.8, 4) is 0 Å². The zero-order chi connectivity index (χ0) is 14.8. The molecule has 0 saturated heterocycles. The highest BCUT2D eigenvalue weighted by atomic mass is 16.5. The lowest BCUT2D eigenvalue weighted by molar-refractivity contribution is -0.121. The van der Waals surface area contributed by atoms with Gasteiger partial charge < -0.3 is 9.84 Å². The third-order valence-electron chi connectivity index (χ3n) is 3.55. The molecule has 0 aliphatic heterocycles.